The van der Waals surface area contributed by atoms with Gasteiger partial charge in [-0.2, -0.15) is 0 Å². The van der Waals surface area contributed by atoms with Crippen molar-refractivity contribution in [2.24, 2.45) is 0 Å². The molecule has 0 amide bonds. The highest BCUT2D eigenvalue weighted by Crippen LogP contribution is 2.48. The van der Waals surface area contributed by atoms with E-state index >= 15 is 0 Å². The van der Waals surface area contributed by atoms with Gasteiger partial charge in [0.15, 0.2) is 0 Å². The standard InChI is InChI=1S/C21H26FNO2S/c1-13-14(2)16(4)20(17(5)15(13)3)26(24,25)23-12-21(10-11-21)18-6-8-19(22)9-7-18/h6-9,23H,10-12H2,1-5H3. The van der Waals surface area contributed by atoms with Crippen LogP contribution in [0.3, 0.4) is 0 Å². The molecule has 1 aliphatic rings. The third kappa shape index (κ3) is 3.19. The molecule has 0 aliphatic heterocycles. The molecule has 1 N–H and O–H groups in total. The van der Waals surface area contributed by atoms with E-state index in [9.17, 15) is 12.8 Å². The van der Waals surface area contributed by atoms with Gasteiger partial charge in [-0.1, -0.05) is 12.1 Å². The molecule has 2 aromatic carbocycles. The first-order chi connectivity index (χ1) is 12.1. The minimum Gasteiger partial charge on any atom is -0.210 e. The number of halogens is 1. The van der Waals surface area contributed by atoms with Gasteiger partial charge in [0.05, 0.1) is 4.90 Å². The zero-order chi connectivity index (χ0) is 19.3. The summed E-state index contributed by atoms with van der Waals surface area (Å²) >= 11 is 0. The van der Waals surface area contributed by atoms with Crippen molar-refractivity contribution in [2.45, 2.75) is 57.8 Å². The number of rotatable bonds is 5. The lowest BCUT2D eigenvalue weighted by Gasteiger charge is -2.21. The third-order valence-electron chi connectivity index (χ3n) is 6.11. The second kappa shape index (κ2) is 6.46. The van der Waals surface area contributed by atoms with Crippen molar-refractivity contribution in [1.82, 2.24) is 4.72 Å². The summed E-state index contributed by atoms with van der Waals surface area (Å²) in [4.78, 5) is 0.396. The number of hydrogen-bond acceptors (Lipinski definition) is 2. The van der Waals surface area contributed by atoms with E-state index in [4.69, 9.17) is 0 Å². The maximum Gasteiger partial charge on any atom is 0.241 e. The largest absolute Gasteiger partial charge is 0.241 e. The molecule has 0 bridgehead atoms. The van der Waals surface area contributed by atoms with Gasteiger partial charge in [0.2, 0.25) is 10.0 Å². The van der Waals surface area contributed by atoms with Crippen molar-refractivity contribution in [1.29, 1.82) is 0 Å². The molecule has 0 saturated heterocycles. The maximum atomic E-state index is 13.2. The van der Waals surface area contributed by atoms with Gasteiger partial charge in [0.1, 0.15) is 5.82 Å². The average Bonchev–Trinajstić information content (AvgIpc) is 3.38. The molecule has 5 heteroatoms. The van der Waals surface area contributed by atoms with Crippen LogP contribution < -0.4 is 4.72 Å². The minimum absolute atomic E-state index is 0.211. The van der Waals surface area contributed by atoms with Gasteiger partial charge in [-0.3, -0.25) is 0 Å². The third-order valence-corrected chi connectivity index (χ3v) is 7.78. The molecule has 26 heavy (non-hydrogen) atoms. The predicted molar refractivity (Wildman–Crippen MR) is 103 cm³/mol. The quantitative estimate of drug-likeness (QED) is 0.843. The Hall–Kier alpha value is -1.72. The van der Waals surface area contributed by atoms with E-state index in [-0.39, 0.29) is 11.2 Å². The molecular weight excluding hydrogens is 349 g/mol. The summed E-state index contributed by atoms with van der Waals surface area (Å²) < 4.78 is 42.2. The molecular formula is C21H26FNO2S. The number of benzene rings is 2. The van der Waals surface area contributed by atoms with Crippen LogP contribution in [0.2, 0.25) is 0 Å². The molecule has 0 heterocycles. The van der Waals surface area contributed by atoms with Crippen LogP contribution in [-0.4, -0.2) is 15.0 Å². The van der Waals surface area contributed by atoms with Crippen LogP contribution in [0.25, 0.3) is 0 Å². The van der Waals surface area contributed by atoms with Crippen molar-refractivity contribution in [3.8, 4) is 0 Å². The molecule has 140 valence electrons. The van der Waals surface area contributed by atoms with Gasteiger partial charge in [0, 0.05) is 12.0 Å². The Morgan fingerprint density at radius 2 is 1.35 bits per heavy atom. The average molecular weight is 376 g/mol. The fraction of sp³-hybridized carbons (Fsp3) is 0.429. The molecule has 1 saturated carbocycles. The van der Waals surface area contributed by atoms with Gasteiger partial charge in [-0.05, 0) is 93.0 Å². The summed E-state index contributed by atoms with van der Waals surface area (Å²) in [6.45, 7) is 10.1. The Balaban J connectivity index is 1.90. The summed E-state index contributed by atoms with van der Waals surface area (Å²) in [6, 6.07) is 6.39. The number of hydrogen-bond donors (Lipinski definition) is 1. The summed E-state index contributed by atoms with van der Waals surface area (Å²) in [5, 5.41) is 0. The van der Waals surface area contributed by atoms with E-state index in [1.54, 1.807) is 12.1 Å². The van der Waals surface area contributed by atoms with Gasteiger partial charge in [0.25, 0.3) is 0 Å². The molecule has 0 unspecified atom stereocenters. The summed E-state index contributed by atoms with van der Waals surface area (Å²) in [7, 11) is -3.62. The molecule has 3 nitrogen and oxygen atoms in total. The number of nitrogens with one attached hydrogen (secondary N) is 1. The Morgan fingerprint density at radius 3 is 1.81 bits per heavy atom. The highest BCUT2D eigenvalue weighted by Gasteiger charge is 2.45. The topological polar surface area (TPSA) is 46.2 Å². The molecule has 2 aromatic rings. The van der Waals surface area contributed by atoms with Gasteiger partial charge < -0.3 is 0 Å². The SMILES string of the molecule is Cc1c(C)c(C)c(S(=O)(=O)NCC2(c3ccc(F)cc3)CC2)c(C)c1C. The molecule has 0 atom stereocenters. The first kappa shape index (κ1) is 19.1. The number of sulfonamides is 1. The molecule has 0 aromatic heterocycles. The van der Waals surface area contributed by atoms with Crippen molar-refractivity contribution >= 4 is 10.0 Å². The van der Waals surface area contributed by atoms with Crippen molar-refractivity contribution in [3.05, 3.63) is 63.5 Å². The van der Waals surface area contributed by atoms with E-state index in [0.29, 0.717) is 11.4 Å². The predicted octanol–water partition coefficient (Wildman–Crippen LogP) is 4.38. The van der Waals surface area contributed by atoms with Crippen LogP contribution in [0.4, 0.5) is 4.39 Å². The van der Waals surface area contributed by atoms with Crippen molar-refractivity contribution in [2.75, 3.05) is 6.54 Å². The Morgan fingerprint density at radius 1 is 0.885 bits per heavy atom. The minimum atomic E-state index is -3.62. The fourth-order valence-electron chi connectivity index (χ4n) is 3.70. The van der Waals surface area contributed by atoms with Crippen LogP contribution in [0.1, 0.15) is 46.2 Å². The van der Waals surface area contributed by atoms with Gasteiger partial charge >= 0.3 is 0 Å². The van der Waals surface area contributed by atoms with Gasteiger partial charge in [-0.15, -0.1) is 0 Å². The van der Waals surface area contributed by atoms with Crippen molar-refractivity contribution < 1.29 is 12.8 Å². The van der Waals surface area contributed by atoms with E-state index in [1.807, 2.05) is 34.6 Å². The molecule has 3 rings (SSSR count). The Kier molecular flexibility index (Phi) is 4.74. The lowest BCUT2D eigenvalue weighted by Crippen LogP contribution is -2.33. The smallest absolute Gasteiger partial charge is 0.210 e. The second-order valence-corrected chi connectivity index (χ2v) is 9.27. The monoisotopic (exact) mass is 375 g/mol. The Bertz CT molecular complexity index is 929. The zero-order valence-electron chi connectivity index (χ0n) is 16.0. The van der Waals surface area contributed by atoms with Crippen LogP contribution in [-0.2, 0) is 15.4 Å². The molecule has 0 spiro atoms. The highest BCUT2D eigenvalue weighted by molar-refractivity contribution is 7.89. The lowest BCUT2D eigenvalue weighted by molar-refractivity contribution is 0.564. The Labute approximate surface area is 155 Å². The molecule has 0 radical (unpaired) electrons. The van der Waals surface area contributed by atoms with E-state index in [0.717, 1.165) is 46.2 Å². The highest BCUT2D eigenvalue weighted by atomic mass is 32.2. The first-order valence-corrected chi connectivity index (χ1v) is 10.4. The summed E-state index contributed by atoms with van der Waals surface area (Å²) in [6.07, 6.45) is 1.82. The van der Waals surface area contributed by atoms with Crippen LogP contribution >= 0.6 is 0 Å². The fourth-order valence-corrected chi connectivity index (χ4v) is 5.42. The van der Waals surface area contributed by atoms with E-state index < -0.39 is 10.0 Å². The maximum absolute atomic E-state index is 13.2. The normalized spacial score (nSPS) is 15.9. The zero-order valence-corrected chi connectivity index (χ0v) is 16.8. The van der Waals surface area contributed by atoms with Crippen molar-refractivity contribution in [3.63, 3.8) is 0 Å². The van der Waals surface area contributed by atoms with Crippen LogP contribution in [0.5, 0.6) is 0 Å². The molecule has 1 aliphatic carbocycles. The molecule has 1 fully saturated rings. The van der Waals surface area contributed by atoms with E-state index in [1.165, 1.54) is 12.1 Å². The van der Waals surface area contributed by atoms with E-state index in [2.05, 4.69) is 4.72 Å². The van der Waals surface area contributed by atoms with Crippen LogP contribution in [0, 0.1) is 40.4 Å². The summed E-state index contributed by atoms with van der Waals surface area (Å²) in [5.41, 5.74) is 5.59. The first-order valence-electron chi connectivity index (χ1n) is 8.92. The summed E-state index contributed by atoms with van der Waals surface area (Å²) in [5.74, 6) is -0.276. The van der Waals surface area contributed by atoms with Crippen LogP contribution in [0.15, 0.2) is 29.2 Å². The van der Waals surface area contributed by atoms with Gasteiger partial charge in [-0.25, -0.2) is 17.5 Å². The second-order valence-electron chi connectivity index (χ2n) is 7.57. The lowest BCUT2D eigenvalue weighted by atomic mass is 9.95.